The number of aromatic nitrogens is 3. The van der Waals surface area contributed by atoms with Gasteiger partial charge in [-0.3, -0.25) is 4.98 Å². The zero-order valence-electron chi connectivity index (χ0n) is 22.1. The highest BCUT2D eigenvalue weighted by molar-refractivity contribution is 7.98. The smallest absolute Gasteiger partial charge is 0.155 e. The quantitative estimate of drug-likeness (QED) is 0.245. The van der Waals surface area contributed by atoms with Gasteiger partial charge < -0.3 is 14.9 Å². The Balaban J connectivity index is 1.40. The first-order valence-corrected chi connectivity index (χ1v) is 14.6. The molecule has 0 amide bonds. The van der Waals surface area contributed by atoms with Gasteiger partial charge >= 0.3 is 0 Å². The Morgan fingerprint density at radius 2 is 1.82 bits per heavy atom. The van der Waals surface area contributed by atoms with Gasteiger partial charge in [-0.2, -0.15) is 5.10 Å². The molecule has 2 aliphatic heterocycles. The van der Waals surface area contributed by atoms with Crippen molar-refractivity contribution in [2.45, 2.75) is 25.8 Å². The zero-order chi connectivity index (χ0) is 27.6. The van der Waals surface area contributed by atoms with Crippen molar-refractivity contribution in [2.75, 3.05) is 42.3 Å². The molecule has 2 N–H and O–H groups in total. The number of hydrogen-bond acceptors (Lipinski definition) is 7. The van der Waals surface area contributed by atoms with Gasteiger partial charge in [0, 0.05) is 96.9 Å². The van der Waals surface area contributed by atoms with Crippen LogP contribution < -0.4 is 14.9 Å². The fourth-order valence-corrected chi connectivity index (χ4v) is 6.29. The first kappa shape index (κ1) is 27.0. The van der Waals surface area contributed by atoms with Crippen LogP contribution in [0.3, 0.4) is 0 Å². The topological polar surface area (TPSA) is 61.2 Å². The van der Waals surface area contributed by atoms with Crippen molar-refractivity contribution in [2.24, 2.45) is 0 Å². The van der Waals surface area contributed by atoms with E-state index in [0.717, 1.165) is 56.8 Å². The minimum absolute atomic E-state index is 0.255. The summed E-state index contributed by atoms with van der Waals surface area (Å²) in [5.41, 5.74) is 3.40. The van der Waals surface area contributed by atoms with Crippen molar-refractivity contribution in [1.82, 2.24) is 24.4 Å². The summed E-state index contributed by atoms with van der Waals surface area (Å²) in [6.07, 6.45) is 7.20. The molecule has 2 aromatic carbocycles. The summed E-state index contributed by atoms with van der Waals surface area (Å²) in [6.45, 7) is 6.51. The predicted molar refractivity (Wildman–Crippen MR) is 159 cm³/mol. The van der Waals surface area contributed by atoms with Crippen molar-refractivity contribution in [3.05, 3.63) is 77.7 Å². The molecule has 2 saturated heterocycles. The largest absolute Gasteiger partial charge is 0.366 e. The molecule has 1 unspecified atom stereocenters. The van der Waals surface area contributed by atoms with Crippen LogP contribution in [-0.2, 0) is 0 Å². The lowest BCUT2D eigenvalue weighted by atomic mass is 10.0. The van der Waals surface area contributed by atoms with Crippen molar-refractivity contribution >= 4 is 35.1 Å². The van der Waals surface area contributed by atoms with E-state index in [9.17, 15) is 0 Å². The summed E-state index contributed by atoms with van der Waals surface area (Å²) < 4.78 is 38.4. The molecule has 0 radical (unpaired) electrons. The van der Waals surface area contributed by atoms with Gasteiger partial charge in [-0.05, 0) is 62.2 Å². The van der Waals surface area contributed by atoms with Crippen LogP contribution in [0.2, 0.25) is 5.02 Å². The molecule has 2 aliphatic rings. The van der Waals surface area contributed by atoms with Crippen LogP contribution in [0.15, 0.2) is 61.1 Å². The highest BCUT2D eigenvalue weighted by Crippen LogP contribution is 2.39. The number of benzene rings is 2. The summed E-state index contributed by atoms with van der Waals surface area (Å²) in [4.78, 5) is 6.29. The molecule has 0 aliphatic carbocycles. The Morgan fingerprint density at radius 3 is 2.58 bits per heavy atom. The van der Waals surface area contributed by atoms with E-state index in [0.29, 0.717) is 16.3 Å². The summed E-state index contributed by atoms with van der Waals surface area (Å²) >= 11 is 7.86. The summed E-state index contributed by atoms with van der Waals surface area (Å²) in [5, 5.41) is 8.48. The lowest BCUT2D eigenvalue weighted by Crippen LogP contribution is -2.49. The normalized spacial score (nSPS) is 17.9. The molecule has 2 fully saturated rings. The Hall–Kier alpha value is -3.18. The van der Waals surface area contributed by atoms with Gasteiger partial charge in [0.25, 0.3) is 0 Å². The number of piperazine rings is 1. The van der Waals surface area contributed by atoms with Gasteiger partial charge in [0.1, 0.15) is 11.4 Å². The van der Waals surface area contributed by atoms with E-state index in [1.165, 1.54) is 16.8 Å². The molecule has 6 rings (SSSR count). The maximum Gasteiger partial charge on any atom is 0.155 e. The third-order valence-electron chi connectivity index (χ3n) is 7.36. The molecule has 0 saturated carbocycles. The Morgan fingerprint density at radius 1 is 1.02 bits per heavy atom. The van der Waals surface area contributed by atoms with Crippen LogP contribution in [0.4, 0.5) is 20.2 Å². The Labute approximate surface area is 241 Å². The minimum Gasteiger partial charge on any atom is -0.366 e. The molecular weight excluding hydrogens is 552 g/mol. The molecular formula is C29H30ClF2N7S. The highest BCUT2D eigenvalue weighted by Gasteiger charge is 2.23. The molecule has 0 spiro atoms. The molecule has 40 heavy (non-hydrogen) atoms. The third-order valence-corrected chi connectivity index (χ3v) is 8.51. The van der Waals surface area contributed by atoms with Crippen molar-refractivity contribution in [3.63, 3.8) is 0 Å². The number of nitrogens with zero attached hydrogens (tertiary/aromatic N) is 5. The fourth-order valence-electron chi connectivity index (χ4n) is 5.25. The molecule has 1 atom stereocenters. The first-order valence-electron chi connectivity index (χ1n) is 13.4. The number of halogens is 3. The summed E-state index contributed by atoms with van der Waals surface area (Å²) in [7, 11) is 0. The first-order chi connectivity index (χ1) is 19.5. The minimum atomic E-state index is -0.450. The van der Waals surface area contributed by atoms with Gasteiger partial charge in [0.05, 0.1) is 5.69 Å². The fraction of sp³-hybridized carbons (Fsp3) is 0.310. The zero-order valence-corrected chi connectivity index (χ0v) is 23.7. The lowest BCUT2D eigenvalue weighted by molar-refractivity contribution is 0.499. The SMILES string of the molecule is CC1CNCCN1c1ccc(-n2cc(-c3cc(Cl)cc(NSN4CCCC4)c3F)c(-c3ccncc3)n2)c(F)c1. The van der Waals surface area contributed by atoms with Gasteiger partial charge in [-0.15, -0.1) is 0 Å². The van der Waals surface area contributed by atoms with Gasteiger partial charge in [0.15, 0.2) is 11.6 Å². The standard InChI is InChI=1S/C29H30ClF2N7S/c1-19-17-34-10-13-38(19)22-4-5-27(25(31)16-22)39-18-24(29(35-39)20-6-8-33-9-7-20)23-14-21(30)15-26(28(23)32)36-40-37-11-2-3-12-37/h4-9,14-16,18-19,34,36H,2-3,10-13,17H2,1H3. The lowest BCUT2D eigenvalue weighted by Gasteiger charge is -2.36. The van der Waals surface area contributed by atoms with E-state index in [1.54, 1.807) is 55.0 Å². The second-order valence-electron chi connectivity index (χ2n) is 10.1. The summed E-state index contributed by atoms with van der Waals surface area (Å²) in [6, 6.07) is 12.2. The van der Waals surface area contributed by atoms with Gasteiger partial charge in [0.2, 0.25) is 0 Å². The van der Waals surface area contributed by atoms with Crippen LogP contribution in [0.1, 0.15) is 19.8 Å². The van der Waals surface area contributed by atoms with E-state index >= 15 is 8.78 Å². The average Bonchev–Trinajstić information content (AvgIpc) is 3.65. The monoisotopic (exact) mass is 581 g/mol. The highest BCUT2D eigenvalue weighted by atomic mass is 35.5. The second-order valence-corrected chi connectivity index (χ2v) is 11.4. The second kappa shape index (κ2) is 11.7. The van der Waals surface area contributed by atoms with Crippen LogP contribution in [0, 0.1) is 11.6 Å². The Kier molecular flexibility index (Phi) is 7.93. The molecule has 7 nitrogen and oxygen atoms in total. The predicted octanol–water partition coefficient (Wildman–Crippen LogP) is 6.40. The van der Waals surface area contributed by atoms with Crippen LogP contribution >= 0.6 is 23.7 Å². The number of pyridine rings is 1. The van der Waals surface area contributed by atoms with E-state index in [2.05, 4.69) is 31.2 Å². The van der Waals surface area contributed by atoms with Crippen LogP contribution in [0.5, 0.6) is 0 Å². The van der Waals surface area contributed by atoms with Crippen molar-refractivity contribution in [3.8, 4) is 28.1 Å². The van der Waals surface area contributed by atoms with E-state index in [4.69, 9.17) is 16.7 Å². The van der Waals surface area contributed by atoms with E-state index in [-0.39, 0.29) is 23.0 Å². The Bertz CT molecular complexity index is 1490. The molecule has 11 heteroatoms. The molecule has 4 aromatic rings. The summed E-state index contributed by atoms with van der Waals surface area (Å²) in [5.74, 6) is -0.857. The van der Waals surface area contributed by atoms with Gasteiger partial charge in [-0.25, -0.2) is 17.8 Å². The number of nitrogens with one attached hydrogen (secondary N) is 2. The van der Waals surface area contributed by atoms with Crippen LogP contribution in [-0.4, -0.2) is 57.8 Å². The molecule has 208 valence electrons. The van der Waals surface area contributed by atoms with E-state index < -0.39 is 11.6 Å². The number of hydrogen-bond donors (Lipinski definition) is 2. The molecule has 2 aromatic heterocycles. The van der Waals surface area contributed by atoms with E-state index in [1.807, 2.05) is 6.07 Å². The maximum absolute atomic E-state index is 16.0. The van der Waals surface area contributed by atoms with Crippen molar-refractivity contribution < 1.29 is 8.78 Å². The average molecular weight is 582 g/mol. The third kappa shape index (κ3) is 5.54. The molecule has 4 heterocycles. The van der Waals surface area contributed by atoms with Crippen LogP contribution in [0.25, 0.3) is 28.1 Å². The van der Waals surface area contributed by atoms with Crippen molar-refractivity contribution in [1.29, 1.82) is 0 Å². The maximum atomic E-state index is 16.0. The number of rotatable bonds is 7. The number of anilines is 2. The van der Waals surface area contributed by atoms with Gasteiger partial charge in [-0.1, -0.05) is 11.6 Å². The molecule has 0 bridgehead atoms.